The summed E-state index contributed by atoms with van der Waals surface area (Å²) in [5.74, 6) is 0.951. The van der Waals surface area contributed by atoms with Gasteiger partial charge in [-0.25, -0.2) is 0 Å². The summed E-state index contributed by atoms with van der Waals surface area (Å²) in [6, 6.07) is 10.5. The molecule has 0 aromatic heterocycles. The summed E-state index contributed by atoms with van der Waals surface area (Å²) >= 11 is 6.33. The molecule has 0 saturated heterocycles. The zero-order valence-corrected chi connectivity index (χ0v) is 13.1. The predicted octanol–water partition coefficient (Wildman–Crippen LogP) is 4.35. The highest BCUT2D eigenvalue weighted by atomic mass is 35.5. The molecule has 0 fully saturated rings. The first-order valence-corrected chi connectivity index (χ1v) is 7.03. The molecule has 0 spiro atoms. The molecule has 0 radical (unpaired) electrons. The van der Waals surface area contributed by atoms with E-state index >= 15 is 0 Å². The first-order chi connectivity index (χ1) is 9.56. The highest BCUT2D eigenvalue weighted by Crippen LogP contribution is 2.31. The van der Waals surface area contributed by atoms with E-state index in [-0.39, 0.29) is 0 Å². The van der Waals surface area contributed by atoms with Gasteiger partial charge in [0.2, 0.25) is 0 Å². The predicted molar refractivity (Wildman–Crippen MR) is 85.7 cm³/mol. The minimum Gasteiger partial charge on any atom is -0.496 e. The van der Waals surface area contributed by atoms with Crippen LogP contribution in [-0.2, 0) is 6.54 Å². The third-order valence-electron chi connectivity index (χ3n) is 3.42. The number of halogens is 1. The van der Waals surface area contributed by atoms with Crippen LogP contribution in [0, 0.1) is 13.8 Å². The number of hydrogen-bond donors (Lipinski definition) is 1. The number of hydrogen-bond acceptors (Lipinski definition) is 2. The molecule has 0 aliphatic rings. The van der Waals surface area contributed by atoms with Crippen LogP contribution in [0.25, 0.3) is 11.1 Å². The van der Waals surface area contributed by atoms with Gasteiger partial charge >= 0.3 is 0 Å². The third kappa shape index (κ3) is 2.97. The van der Waals surface area contributed by atoms with Crippen molar-refractivity contribution in [1.29, 1.82) is 0 Å². The van der Waals surface area contributed by atoms with Crippen LogP contribution in [0.2, 0.25) is 5.02 Å². The lowest BCUT2D eigenvalue weighted by molar-refractivity contribution is 0.408. The van der Waals surface area contributed by atoms with Crippen molar-refractivity contribution in [3.63, 3.8) is 0 Å². The van der Waals surface area contributed by atoms with Gasteiger partial charge in [-0.3, -0.25) is 0 Å². The fraction of sp³-hybridized carbons (Fsp3) is 0.294. The van der Waals surface area contributed by atoms with E-state index in [2.05, 4.69) is 43.4 Å². The number of aryl methyl sites for hydroxylation is 2. The lowest BCUT2D eigenvalue weighted by atomic mass is 9.99. The molecule has 0 aliphatic carbocycles. The molecule has 0 bridgehead atoms. The average Bonchev–Trinajstić information content (AvgIpc) is 2.41. The molecule has 2 rings (SSSR count). The number of methoxy groups -OCH3 is 1. The maximum Gasteiger partial charge on any atom is 0.124 e. The van der Waals surface area contributed by atoms with Crippen LogP contribution in [0.15, 0.2) is 30.3 Å². The van der Waals surface area contributed by atoms with Crippen molar-refractivity contribution < 1.29 is 4.74 Å². The van der Waals surface area contributed by atoms with Gasteiger partial charge in [0.05, 0.1) is 7.11 Å². The fourth-order valence-corrected chi connectivity index (χ4v) is 2.75. The van der Waals surface area contributed by atoms with Crippen molar-refractivity contribution in [2.45, 2.75) is 20.4 Å². The van der Waals surface area contributed by atoms with Gasteiger partial charge in [0.15, 0.2) is 0 Å². The smallest absolute Gasteiger partial charge is 0.124 e. The van der Waals surface area contributed by atoms with Crippen LogP contribution in [0.5, 0.6) is 5.75 Å². The molecule has 20 heavy (non-hydrogen) atoms. The second-order valence-electron chi connectivity index (χ2n) is 4.98. The summed E-state index contributed by atoms with van der Waals surface area (Å²) in [6.45, 7) is 4.90. The van der Waals surface area contributed by atoms with Crippen molar-refractivity contribution in [2.75, 3.05) is 14.2 Å². The monoisotopic (exact) mass is 289 g/mol. The topological polar surface area (TPSA) is 21.3 Å². The van der Waals surface area contributed by atoms with E-state index in [0.717, 1.165) is 39.6 Å². The minimum absolute atomic E-state index is 0.778. The molecular formula is C17H20ClNO. The molecule has 0 amide bonds. The Hall–Kier alpha value is -1.51. The van der Waals surface area contributed by atoms with Crippen molar-refractivity contribution >= 4 is 11.6 Å². The maximum absolute atomic E-state index is 6.33. The zero-order valence-electron chi connectivity index (χ0n) is 12.4. The maximum atomic E-state index is 6.33. The van der Waals surface area contributed by atoms with E-state index in [1.807, 2.05) is 13.1 Å². The molecular weight excluding hydrogens is 270 g/mol. The summed E-state index contributed by atoms with van der Waals surface area (Å²) in [4.78, 5) is 0. The standard InChI is InChI=1S/C17H20ClNO/c1-11-7-15(8-12(2)17(11)20-4)13-5-6-14(10-19-3)16(18)9-13/h5-9,19H,10H2,1-4H3. The number of rotatable bonds is 4. The highest BCUT2D eigenvalue weighted by Gasteiger charge is 2.08. The summed E-state index contributed by atoms with van der Waals surface area (Å²) in [5.41, 5.74) is 5.68. The second kappa shape index (κ2) is 6.29. The SMILES string of the molecule is CNCc1ccc(-c2cc(C)c(OC)c(C)c2)cc1Cl. The molecule has 0 aliphatic heterocycles. The zero-order chi connectivity index (χ0) is 14.7. The first kappa shape index (κ1) is 14.9. The molecule has 2 nitrogen and oxygen atoms in total. The third-order valence-corrected chi connectivity index (χ3v) is 3.77. The first-order valence-electron chi connectivity index (χ1n) is 6.65. The van der Waals surface area contributed by atoms with Crippen LogP contribution in [0.1, 0.15) is 16.7 Å². The molecule has 0 unspecified atom stereocenters. The fourth-order valence-electron chi connectivity index (χ4n) is 2.50. The summed E-state index contributed by atoms with van der Waals surface area (Å²) < 4.78 is 5.41. The van der Waals surface area contributed by atoms with Crippen LogP contribution >= 0.6 is 11.6 Å². The summed E-state index contributed by atoms with van der Waals surface area (Å²) in [7, 11) is 3.62. The Morgan fingerprint density at radius 2 is 1.70 bits per heavy atom. The molecule has 2 aromatic carbocycles. The summed E-state index contributed by atoms with van der Waals surface area (Å²) in [6.07, 6.45) is 0. The minimum atomic E-state index is 0.778. The quantitative estimate of drug-likeness (QED) is 0.903. The van der Waals surface area contributed by atoms with Gasteiger partial charge in [-0.2, -0.15) is 0 Å². The van der Waals surface area contributed by atoms with E-state index in [1.54, 1.807) is 7.11 Å². The van der Waals surface area contributed by atoms with Gasteiger partial charge in [-0.05, 0) is 66.9 Å². The molecule has 2 aromatic rings. The molecule has 0 heterocycles. The van der Waals surface area contributed by atoms with Gasteiger partial charge in [0.25, 0.3) is 0 Å². The molecule has 1 N–H and O–H groups in total. The van der Waals surface area contributed by atoms with Crippen LogP contribution in [-0.4, -0.2) is 14.2 Å². The number of nitrogens with one attached hydrogen (secondary N) is 1. The lowest BCUT2D eigenvalue weighted by Crippen LogP contribution is -2.05. The van der Waals surface area contributed by atoms with Crippen molar-refractivity contribution in [2.24, 2.45) is 0 Å². The molecule has 3 heteroatoms. The Morgan fingerprint density at radius 3 is 2.20 bits per heavy atom. The van der Waals surface area contributed by atoms with E-state index in [9.17, 15) is 0 Å². The number of benzene rings is 2. The van der Waals surface area contributed by atoms with E-state index in [4.69, 9.17) is 16.3 Å². The van der Waals surface area contributed by atoms with Crippen molar-refractivity contribution in [3.05, 3.63) is 52.0 Å². The van der Waals surface area contributed by atoms with Gasteiger partial charge in [0, 0.05) is 11.6 Å². The Kier molecular flexibility index (Phi) is 4.69. The Labute approximate surface area is 125 Å². The van der Waals surface area contributed by atoms with Crippen LogP contribution in [0.4, 0.5) is 0 Å². The van der Waals surface area contributed by atoms with Gasteiger partial charge < -0.3 is 10.1 Å². The van der Waals surface area contributed by atoms with Gasteiger partial charge in [-0.15, -0.1) is 0 Å². The Morgan fingerprint density at radius 1 is 1.05 bits per heavy atom. The van der Waals surface area contributed by atoms with E-state index in [0.29, 0.717) is 0 Å². The van der Waals surface area contributed by atoms with Gasteiger partial charge in [0.1, 0.15) is 5.75 Å². The van der Waals surface area contributed by atoms with Gasteiger partial charge in [-0.1, -0.05) is 23.7 Å². The highest BCUT2D eigenvalue weighted by molar-refractivity contribution is 6.31. The Balaban J connectivity index is 2.44. The molecule has 0 saturated carbocycles. The number of ether oxygens (including phenoxy) is 1. The lowest BCUT2D eigenvalue weighted by Gasteiger charge is -2.12. The average molecular weight is 290 g/mol. The van der Waals surface area contributed by atoms with Crippen molar-refractivity contribution in [3.8, 4) is 16.9 Å². The second-order valence-corrected chi connectivity index (χ2v) is 5.39. The molecule has 106 valence electrons. The van der Waals surface area contributed by atoms with Crippen molar-refractivity contribution in [1.82, 2.24) is 5.32 Å². The Bertz CT molecular complexity index is 599. The van der Waals surface area contributed by atoms with E-state index in [1.165, 1.54) is 5.56 Å². The normalized spacial score (nSPS) is 10.7. The largest absolute Gasteiger partial charge is 0.496 e. The van der Waals surface area contributed by atoms with Crippen LogP contribution in [0.3, 0.4) is 0 Å². The van der Waals surface area contributed by atoms with E-state index < -0.39 is 0 Å². The van der Waals surface area contributed by atoms with Crippen LogP contribution < -0.4 is 10.1 Å². The summed E-state index contributed by atoms with van der Waals surface area (Å²) in [5, 5.41) is 3.91. The molecule has 0 atom stereocenters.